The molecule has 2 N–H and O–H groups in total. The van der Waals surface area contributed by atoms with E-state index in [2.05, 4.69) is 22.6 Å². The van der Waals surface area contributed by atoms with E-state index in [4.69, 9.17) is 4.74 Å². The number of thioether (sulfide) groups is 1. The van der Waals surface area contributed by atoms with E-state index < -0.39 is 0 Å². The van der Waals surface area contributed by atoms with Gasteiger partial charge in [0.2, 0.25) is 11.8 Å². The Hall–Kier alpha value is -2.93. The van der Waals surface area contributed by atoms with Crippen LogP contribution in [0.1, 0.15) is 29.9 Å². The third kappa shape index (κ3) is 5.27. The standard InChI is InChI=1S/C25H29N3O3S/c1-17-4-3-5-19(12-17)27-24(29)15-32-16-25(30)28-10-8-18(9-11-28)22-14-26-23-7-6-20(31-2)13-21(22)23/h3-7,12-14,18,26H,8-11,15-16H2,1-2H3,(H,27,29). The molecule has 0 unspecified atom stereocenters. The van der Waals surface area contributed by atoms with Crippen molar-refractivity contribution in [2.45, 2.75) is 25.7 Å². The second kappa shape index (κ2) is 10.1. The number of nitrogens with zero attached hydrogens (tertiary/aromatic N) is 1. The summed E-state index contributed by atoms with van der Waals surface area (Å²) in [6, 6.07) is 13.8. The zero-order valence-electron chi connectivity index (χ0n) is 18.5. The lowest BCUT2D eigenvalue weighted by Crippen LogP contribution is -2.39. The van der Waals surface area contributed by atoms with E-state index in [-0.39, 0.29) is 17.6 Å². The molecule has 168 valence electrons. The van der Waals surface area contributed by atoms with Gasteiger partial charge in [0.25, 0.3) is 0 Å². The van der Waals surface area contributed by atoms with Crippen LogP contribution in [-0.4, -0.2) is 53.4 Å². The van der Waals surface area contributed by atoms with Gasteiger partial charge in [-0.25, -0.2) is 0 Å². The first kappa shape index (κ1) is 22.3. The number of nitrogens with one attached hydrogen (secondary N) is 2. The summed E-state index contributed by atoms with van der Waals surface area (Å²) >= 11 is 1.37. The average Bonchev–Trinajstić information content (AvgIpc) is 3.22. The van der Waals surface area contributed by atoms with E-state index in [0.717, 1.165) is 48.4 Å². The highest BCUT2D eigenvalue weighted by Crippen LogP contribution is 2.34. The number of carbonyl (C=O) groups excluding carboxylic acids is 2. The predicted molar refractivity (Wildman–Crippen MR) is 131 cm³/mol. The van der Waals surface area contributed by atoms with Gasteiger partial charge < -0.3 is 19.9 Å². The number of H-pyrrole nitrogens is 1. The fourth-order valence-corrected chi connectivity index (χ4v) is 4.98. The van der Waals surface area contributed by atoms with Gasteiger partial charge in [0, 0.05) is 35.9 Å². The largest absolute Gasteiger partial charge is 0.497 e. The number of carbonyl (C=O) groups is 2. The zero-order chi connectivity index (χ0) is 22.5. The molecule has 1 aliphatic heterocycles. The Kier molecular flexibility index (Phi) is 7.05. The van der Waals surface area contributed by atoms with Crippen LogP contribution < -0.4 is 10.1 Å². The Morgan fingerprint density at radius 1 is 1.16 bits per heavy atom. The maximum absolute atomic E-state index is 12.6. The van der Waals surface area contributed by atoms with Crippen LogP contribution in [-0.2, 0) is 9.59 Å². The lowest BCUT2D eigenvalue weighted by Gasteiger charge is -2.32. The number of aryl methyl sites for hydroxylation is 1. The number of rotatable bonds is 7. The molecule has 32 heavy (non-hydrogen) atoms. The molecule has 0 bridgehead atoms. The van der Waals surface area contributed by atoms with Crippen molar-refractivity contribution in [1.29, 1.82) is 0 Å². The topological polar surface area (TPSA) is 74.4 Å². The zero-order valence-corrected chi connectivity index (χ0v) is 19.3. The van der Waals surface area contributed by atoms with Crippen LogP contribution in [0.15, 0.2) is 48.7 Å². The molecule has 2 heterocycles. The Morgan fingerprint density at radius 3 is 2.72 bits per heavy atom. The van der Waals surface area contributed by atoms with Crippen LogP contribution in [0.3, 0.4) is 0 Å². The number of fused-ring (bicyclic) bond motifs is 1. The first-order valence-corrected chi connectivity index (χ1v) is 12.1. The van der Waals surface area contributed by atoms with Crippen molar-refractivity contribution in [2.24, 2.45) is 0 Å². The number of hydrogen-bond acceptors (Lipinski definition) is 4. The molecule has 3 aromatic rings. The quantitative estimate of drug-likeness (QED) is 0.552. The molecule has 1 aliphatic rings. The number of aromatic amines is 1. The number of anilines is 1. The molecular formula is C25H29N3O3S. The highest BCUT2D eigenvalue weighted by Gasteiger charge is 2.25. The minimum absolute atomic E-state index is 0.0816. The minimum Gasteiger partial charge on any atom is -0.497 e. The van der Waals surface area contributed by atoms with Gasteiger partial charge in [-0.1, -0.05) is 12.1 Å². The summed E-state index contributed by atoms with van der Waals surface area (Å²) in [4.78, 5) is 30.0. The Balaban J connectivity index is 1.24. The molecule has 1 aromatic heterocycles. The number of ether oxygens (including phenoxy) is 1. The van der Waals surface area contributed by atoms with Crippen molar-refractivity contribution in [3.8, 4) is 5.75 Å². The molecule has 6 nitrogen and oxygen atoms in total. The van der Waals surface area contributed by atoms with Gasteiger partial charge in [0.15, 0.2) is 0 Å². The van der Waals surface area contributed by atoms with E-state index in [1.54, 1.807) is 7.11 Å². The minimum atomic E-state index is -0.0816. The van der Waals surface area contributed by atoms with Crippen molar-refractivity contribution in [1.82, 2.24) is 9.88 Å². The SMILES string of the molecule is COc1ccc2[nH]cc(C3CCN(C(=O)CSCC(=O)Nc4cccc(C)c4)CC3)c2c1. The molecule has 1 saturated heterocycles. The van der Waals surface area contributed by atoms with Crippen molar-refractivity contribution in [2.75, 3.05) is 37.0 Å². The molecule has 0 radical (unpaired) electrons. The van der Waals surface area contributed by atoms with Gasteiger partial charge in [-0.2, -0.15) is 0 Å². The summed E-state index contributed by atoms with van der Waals surface area (Å²) in [5, 5.41) is 4.08. The molecule has 2 amide bonds. The Labute approximate surface area is 192 Å². The summed E-state index contributed by atoms with van der Waals surface area (Å²) in [5.74, 6) is 1.91. The predicted octanol–water partition coefficient (Wildman–Crippen LogP) is 4.56. The van der Waals surface area contributed by atoms with Gasteiger partial charge in [-0.15, -0.1) is 11.8 Å². The monoisotopic (exact) mass is 451 g/mol. The number of piperidine rings is 1. The van der Waals surface area contributed by atoms with Crippen molar-refractivity contribution >= 4 is 40.2 Å². The lowest BCUT2D eigenvalue weighted by molar-refractivity contribution is -0.129. The van der Waals surface area contributed by atoms with Crippen LogP contribution in [0.4, 0.5) is 5.69 Å². The summed E-state index contributed by atoms with van der Waals surface area (Å²) in [5.41, 5.74) is 4.30. The van der Waals surface area contributed by atoms with E-state index >= 15 is 0 Å². The van der Waals surface area contributed by atoms with E-state index in [1.807, 2.05) is 48.2 Å². The Morgan fingerprint density at radius 2 is 1.97 bits per heavy atom. The molecule has 0 aliphatic carbocycles. The van der Waals surface area contributed by atoms with E-state index in [0.29, 0.717) is 11.7 Å². The second-order valence-corrected chi connectivity index (χ2v) is 9.21. The van der Waals surface area contributed by atoms with Gasteiger partial charge >= 0.3 is 0 Å². The van der Waals surface area contributed by atoms with Gasteiger partial charge in [-0.3, -0.25) is 9.59 Å². The molecule has 4 rings (SSSR count). The average molecular weight is 452 g/mol. The van der Waals surface area contributed by atoms with Crippen molar-refractivity contribution in [3.63, 3.8) is 0 Å². The Bertz CT molecular complexity index is 1100. The number of benzene rings is 2. The van der Waals surface area contributed by atoms with E-state index in [1.165, 1.54) is 22.7 Å². The highest BCUT2D eigenvalue weighted by molar-refractivity contribution is 8.00. The smallest absolute Gasteiger partial charge is 0.234 e. The molecular weight excluding hydrogens is 422 g/mol. The normalized spacial score (nSPS) is 14.5. The van der Waals surface area contributed by atoms with Crippen LogP contribution in [0.5, 0.6) is 5.75 Å². The summed E-state index contributed by atoms with van der Waals surface area (Å²) in [6.07, 6.45) is 3.97. The van der Waals surface area contributed by atoms with Crippen molar-refractivity contribution in [3.05, 3.63) is 59.8 Å². The second-order valence-electron chi connectivity index (χ2n) is 8.22. The van der Waals surface area contributed by atoms with Crippen LogP contribution in [0, 0.1) is 6.92 Å². The van der Waals surface area contributed by atoms with Crippen molar-refractivity contribution < 1.29 is 14.3 Å². The third-order valence-electron chi connectivity index (χ3n) is 5.97. The van der Waals surface area contributed by atoms with Crippen LogP contribution in [0.2, 0.25) is 0 Å². The molecule has 0 saturated carbocycles. The third-order valence-corrected chi connectivity index (χ3v) is 6.89. The van der Waals surface area contributed by atoms with Crippen LogP contribution >= 0.6 is 11.8 Å². The first-order valence-electron chi connectivity index (χ1n) is 10.9. The van der Waals surface area contributed by atoms with Gasteiger partial charge in [0.05, 0.1) is 18.6 Å². The fraction of sp³-hybridized carbons (Fsp3) is 0.360. The molecule has 2 aromatic carbocycles. The van der Waals surface area contributed by atoms with E-state index in [9.17, 15) is 9.59 Å². The maximum Gasteiger partial charge on any atom is 0.234 e. The molecule has 0 atom stereocenters. The maximum atomic E-state index is 12.6. The highest BCUT2D eigenvalue weighted by atomic mass is 32.2. The molecule has 0 spiro atoms. The van der Waals surface area contributed by atoms with Gasteiger partial charge in [-0.05, 0) is 67.1 Å². The molecule has 1 fully saturated rings. The fourth-order valence-electron chi connectivity index (χ4n) is 4.27. The number of hydrogen-bond donors (Lipinski definition) is 2. The summed E-state index contributed by atoms with van der Waals surface area (Å²) in [6.45, 7) is 3.48. The number of methoxy groups -OCH3 is 1. The number of likely N-dealkylation sites (tertiary alicyclic amines) is 1. The lowest BCUT2D eigenvalue weighted by atomic mass is 9.89. The summed E-state index contributed by atoms with van der Waals surface area (Å²) in [7, 11) is 1.68. The van der Waals surface area contributed by atoms with Gasteiger partial charge in [0.1, 0.15) is 5.75 Å². The molecule has 7 heteroatoms. The van der Waals surface area contributed by atoms with Crippen LogP contribution in [0.25, 0.3) is 10.9 Å². The first-order chi connectivity index (χ1) is 15.5. The number of amides is 2. The number of aromatic nitrogens is 1. The summed E-state index contributed by atoms with van der Waals surface area (Å²) < 4.78 is 5.38.